The van der Waals surface area contributed by atoms with Crippen LogP contribution >= 0.6 is 55.1 Å². The van der Waals surface area contributed by atoms with Gasteiger partial charge in [-0.3, -0.25) is 28.8 Å². The molecule has 4 aliphatic rings. The normalized spacial score (nSPS) is 18.7. The minimum absolute atomic E-state index is 0.0178. The van der Waals surface area contributed by atoms with Gasteiger partial charge in [0, 0.05) is 124 Å². The number of carbonyl (C=O) groups is 6. The Labute approximate surface area is 825 Å². The molecule has 0 bridgehead atoms. The van der Waals surface area contributed by atoms with Crippen molar-refractivity contribution >= 4 is 89.8 Å². The number of halogens is 12. The minimum Gasteiger partial charge on any atom is -0.329 e. The zero-order valence-electron chi connectivity index (χ0n) is 84.1. The second-order valence-corrected chi connectivity index (χ2v) is 45.7. The van der Waals surface area contributed by atoms with Crippen LogP contribution < -0.4 is 27.0 Å². The van der Waals surface area contributed by atoms with Crippen LogP contribution in [0.4, 0.5) is 35.1 Å². The molecule has 134 heavy (non-hydrogen) atoms. The molecule has 8 atom stereocenters. The molecule has 6 aromatic carbocycles. The molecule has 10 rings (SSSR count). The smallest absolute Gasteiger partial charge is 0.329 e. The van der Waals surface area contributed by atoms with Crippen LogP contribution in [0.3, 0.4) is 0 Å². The molecule has 0 spiro atoms. The molecule has 0 heterocycles. The summed E-state index contributed by atoms with van der Waals surface area (Å²) in [6, 6.07) is 38.6. The van der Waals surface area contributed by atoms with Gasteiger partial charge in [0.1, 0.15) is 46.3 Å². The first kappa shape index (κ1) is 119. The highest BCUT2D eigenvalue weighted by Crippen LogP contribution is 2.42. The number of likely N-dealkylation sites (N-methyl/N-ethyl adjacent to an activating group) is 1. The van der Waals surface area contributed by atoms with Gasteiger partial charge in [-0.1, -0.05) is 267 Å². The average molecular weight is 2040 g/mol. The fourth-order valence-corrected chi connectivity index (χ4v) is 18.8. The molecule has 4 saturated carbocycles. The second kappa shape index (κ2) is 54.8. The topological polar surface area (TPSA) is 180 Å². The second-order valence-electron chi connectivity index (χ2n) is 43.0. The predicted molar refractivity (Wildman–Crippen MR) is 542 cm³/mol. The highest BCUT2D eigenvalue weighted by atomic mass is 79.9. The zero-order valence-corrected chi connectivity index (χ0v) is 88.8. The molecular formula is C110H158Br2Cl2F8N6O6. The summed E-state index contributed by atoms with van der Waals surface area (Å²) < 4.78 is 105. The summed E-state index contributed by atoms with van der Waals surface area (Å²) in [7, 11) is 1.80. The van der Waals surface area contributed by atoms with Crippen LogP contribution in [0, 0.1) is 68.8 Å². The number of alkyl halides is 6. The molecule has 6 aromatic rings. The van der Waals surface area contributed by atoms with Gasteiger partial charge < -0.3 is 31.9 Å². The van der Waals surface area contributed by atoms with Crippen molar-refractivity contribution in [1.82, 2.24) is 26.2 Å². The highest BCUT2D eigenvalue weighted by Gasteiger charge is 2.39. The largest absolute Gasteiger partial charge is 0.416 e. The molecule has 2 unspecified atom stereocenters. The van der Waals surface area contributed by atoms with E-state index in [1.54, 1.807) is 34.7 Å². The first-order valence-electron chi connectivity index (χ1n) is 48.6. The van der Waals surface area contributed by atoms with Crippen molar-refractivity contribution in [2.24, 2.45) is 62.9 Å². The van der Waals surface area contributed by atoms with Crippen LogP contribution in [0.25, 0.3) is 0 Å². The number of carbonyl (C=O) groups excluding carboxylic acids is 6. The van der Waals surface area contributed by atoms with Gasteiger partial charge in [0.25, 0.3) is 0 Å². The highest BCUT2D eigenvalue weighted by molar-refractivity contribution is 9.10. The van der Waals surface area contributed by atoms with Gasteiger partial charge in [-0.25, -0.2) is 8.78 Å². The number of rotatable bonds is 34. The maximum absolute atomic E-state index is 14.2. The Morgan fingerprint density at radius 1 is 0.373 bits per heavy atom. The van der Waals surface area contributed by atoms with E-state index in [0.717, 1.165) is 81.6 Å². The van der Waals surface area contributed by atoms with E-state index in [1.807, 2.05) is 147 Å². The number of hydrogen-bond acceptors (Lipinski definition) is 12. The molecule has 0 radical (unpaired) electrons. The zero-order chi connectivity index (χ0) is 101. The van der Waals surface area contributed by atoms with Crippen LogP contribution in [0.5, 0.6) is 0 Å². The van der Waals surface area contributed by atoms with Crippen molar-refractivity contribution in [3.05, 3.63) is 209 Å². The van der Waals surface area contributed by atoms with E-state index in [9.17, 15) is 63.9 Å². The summed E-state index contributed by atoms with van der Waals surface area (Å²) in [6.07, 6.45) is 10.7. The number of nitrogens with two attached hydrogens (primary N) is 1. The molecule has 0 saturated heterocycles. The number of hydrogen-bond donors (Lipinski definition) is 5. The van der Waals surface area contributed by atoms with E-state index in [-0.39, 0.29) is 101 Å². The molecular weight excluding hydrogens is 1880 g/mol. The summed E-state index contributed by atoms with van der Waals surface area (Å²) in [5.41, 5.74) is 9.39. The third-order valence-corrected chi connectivity index (χ3v) is 28.7. The van der Waals surface area contributed by atoms with Gasteiger partial charge in [0.05, 0.1) is 46.6 Å². The lowest BCUT2D eigenvalue weighted by Crippen LogP contribution is -2.40. The van der Waals surface area contributed by atoms with Gasteiger partial charge in [0.2, 0.25) is 0 Å². The fourth-order valence-electron chi connectivity index (χ4n) is 18.0. The van der Waals surface area contributed by atoms with Crippen molar-refractivity contribution in [3.8, 4) is 0 Å². The molecule has 4 aliphatic carbocycles. The molecule has 24 heteroatoms. The number of ketones is 6. The molecule has 0 aliphatic heterocycles. The SMILES string of the molecule is CC(C)C(=O)[C@H](CN(C)C(C)C)c1ccc(C(F)(F)F)cc1F.CC(C)C(=O)[C@H](CN)c1ccc(C(F)(F)F)cc1F.CC(C)C(=O)[C@H](CNC1CCC(C)(C)CC1)c1ccc(Br)cc1.CC(C)C(=O)[C@H](CNC1CCC(C)(C)CC1)c1ccc(Cl)cc1.CC(C)C(=O)[C@H](CNC1CCCC(C)(C)C1)c1ccc(Br)cc1.CC(C)C(=O)[C@H](CNC1CCCC(C)(C)C1)c1ccc(Cl)cc1. The molecule has 0 aromatic heterocycles. The monoisotopic (exact) mass is 2040 g/mol. The Balaban J connectivity index is 0.000000285. The summed E-state index contributed by atoms with van der Waals surface area (Å²) in [4.78, 5) is 76.8. The standard InChI is InChI=1S/2C20H30BrNO.2C20H30ClNO.C17H23F4NO.C13H15F4NO/c1-14(2)19(23)18(15-5-7-16(21)8-6-15)13-22-17-9-11-20(3,4)12-10-17;1-14(2)19(23)18(15-7-9-16(21)10-8-15)13-22-17-6-5-11-20(3,4)12-17;1-14(2)19(23)18(15-5-7-16(21)8-6-15)13-22-17-9-11-20(3,4)12-10-17;1-14(2)19(23)18(15-7-9-16(21)10-8-15)13-22-17-6-5-11-20(3,4)12-17;1-10(2)16(23)14(9-22(5)11(3)4)13-7-6-12(8-15(13)18)17(19,20)21;1-7(2)12(19)10(6-18)9-4-3-8(5-11(9)14)13(15,16)17/h5-8,14,17-18,22H,9-13H2,1-4H3;7-10,14,17-18,22H,5-6,11-13H2,1-4H3;5-8,14,17-18,22H,9-13H2,1-4H3;7-10,14,17-18,22H,5-6,11-13H2,1-4H3;6-8,10-11,14H,9H2,1-5H3;3-5,7,10H,6,18H2,1-2H3/t18-;17?,18-;18-;17?,18-;14-;10-/m111111/s1. The van der Waals surface area contributed by atoms with Gasteiger partial charge >= 0.3 is 12.4 Å². The number of nitrogens with one attached hydrogen (secondary N) is 4. The predicted octanol–water partition coefficient (Wildman–Crippen LogP) is 28.7. The number of Topliss-reactive ketones (excluding diaryl/α,β-unsaturated/α-hetero) is 6. The van der Waals surface area contributed by atoms with Crippen LogP contribution in [0.2, 0.25) is 10.0 Å². The fraction of sp³-hybridized carbons (Fsp3) is 0.618. The minimum atomic E-state index is -4.61. The summed E-state index contributed by atoms with van der Waals surface area (Å²) in [6.45, 7) is 48.3. The van der Waals surface area contributed by atoms with Crippen LogP contribution in [-0.2, 0) is 41.1 Å². The summed E-state index contributed by atoms with van der Waals surface area (Å²) >= 11 is 18.9. The van der Waals surface area contributed by atoms with Crippen molar-refractivity contribution in [2.75, 3.05) is 46.3 Å². The van der Waals surface area contributed by atoms with E-state index in [2.05, 4.69) is 133 Å². The maximum Gasteiger partial charge on any atom is 0.416 e. The third-order valence-electron chi connectivity index (χ3n) is 27.1. The van der Waals surface area contributed by atoms with E-state index >= 15 is 0 Å². The molecule has 748 valence electrons. The van der Waals surface area contributed by atoms with E-state index in [0.29, 0.717) is 91.1 Å². The first-order valence-corrected chi connectivity index (χ1v) is 50.9. The summed E-state index contributed by atoms with van der Waals surface area (Å²) in [5, 5.41) is 16.1. The van der Waals surface area contributed by atoms with Gasteiger partial charge in [-0.2, -0.15) is 26.3 Å². The van der Waals surface area contributed by atoms with Crippen LogP contribution in [0.15, 0.2) is 142 Å². The first-order chi connectivity index (χ1) is 62.3. The van der Waals surface area contributed by atoms with Gasteiger partial charge in [-0.15, -0.1) is 0 Å². The Morgan fingerprint density at radius 3 is 0.873 bits per heavy atom. The average Bonchev–Trinajstić information content (AvgIpc) is 0.809. The summed E-state index contributed by atoms with van der Waals surface area (Å²) in [5.74, 6) is -3.70. The van der Waals surface area contributed by atoms with Crippen molar-refractivity contribution in [3.63, 3.8) is 0 Å². The Kier molecular flexibility index (Phi) is 48.4. The van der Waals surface area contributed by atoms with E-state index in [1.165, 1.54) is 103 Å². The Morgan fingerprint density at radius 2 is 0.627 bits per heavy atom. The van der Waals surface area contributed by atoms with Crippen molar-refractivity contribution in [1.29, 1.82) is 0 Å². The number of benzene rings is 6. The maximum atomic E-state index is 14.2. The quantitative estimate of drug-likeness (QED) is 0.0242. The van der Waals surface area contributed by atoms with Crippen molar-refractivity contribution < 1.29 is 63.9 Å². The molecule has 6 N–H and O–H groups in total. The molecule has 4 fully saturated rings. The Bertz CT molecular complexity index is 4400. The Hall–Kier alpha value is -5.92. The van der Waals surface area contributed by atoms with Crippen molar-refractivity contribution in [2.45, 2.75) is 333 Å². The van der Waals surface area contributed by atoms with Crippen LogP contribution in [-0.4, -0.2) is 116 Å². The lowest BCUT2D eigenvalue weighted by atomic mass is 9.75. The van der Waals surface area contributed by atoms with Crippen LogP contribution in [0.1, 0.15) is 335 Å². The molecule has 12 nitrogen and oxygen atoms in total. The molecule has 0 amide bonds. The lowest BCUT2D eigenvalue weighted by Gasteiger charge is -2.36. The van der Waals surface area contributed by atoms with Gasteiger partial charge in [0.15, 0.2) is 0 Å². The van der Waals surface area contributed by atoms with Gasteiger partial charge in [-0.05, 0) is 239 Å². The lowest BCUT2D eigenvalue weighted by molar-refractivity contribution is -0.138. The van der Waals surface area contributed by atoms with E-state index < -0.39 is 46.9 Å². The van der Waals surface area contributed by atoms with E-state index in [4.69, 9.17) is 28.9 Å². The third kappa shape index (κ3) is 40.0. The number of nitrogens with zero attached hydrogens (tertiary/aromatic N) is 1.